The number of nitrogens with one attached hydrogen (secondary N) is 1. The predicted octanol–water partition coefficient (Wildman–Crippen LogP) is 2.00. The fourth-order valence-corrected chi connectivity index (χ4v) is 4.77. The number of halogens is 2. The molecule has 1 N–H and O–H groups in total. The minimum atomic E-state index is -0.893. The number of hydrogen-bond acceptors (Lipinski definition) is 7. The van der Waals surface area contributed by atoms with Gasteiger partial charge in [0, 0.05) is 27.5 Å². The average molecular weight is 547 g/mol. The Morgan fingerprint density at radius 1 is 1.17 bits per heavy atom. The van der Waals surface area contributed by atoms with Crippen molar-refractivity contribution in [1.29, 1.82) is 0 Å². The SMILES string of the molecule is O=C(COC(=O)CN1C(=O)[C@@H]2C[C@@H](Br)[C@@H](Br)C[C@H]2C1=O)Nc1cccc([N+](=O)[O-])c1. The molecule has 4 atom stereocenters. The molecule has 3 amide bonds. The Morgan fingerprint density at radius 3 is 2.33 bits per heavy atom. The van der Waals surface area contributed by atoms with Crippen LogP contribution in [0.5, 0.6) is 0 Å². The number of hydrogen-bond donors (Lipinski definition) is 1. The molecule has 2 fully saturated rings. The van der Waals surface area contributed by atoms with Crippen LogP contribution in [0, 0.1) is 22.0 Å². The largest absolute Gasteiger partial charge is 0.454 e. The van der Waals surface area contributed by atoms with Crippen molar-refractivity contribution in [2.24, 2.45) is 11.8 Å². The van der Waals surface area contributed by atoms with Gasteiger partial charge in [0.1, 0.15) is 6.54 Å². The molecule has 1 aliphatic heterocycles. The third kappa shape index (κ3) is 4.86. The summed E-state index contributed by atoms with van der Waals surface area (Å²) in [5.41, 5.74) is -0.0263. The second-order valence-corrected chi connectivity index (χ2v) is 9.35. The molecule has 2 aliphatic rings. The van der Waals surface area contributed by atoms with E-state index in [1.165, 1.54) is 18.2 Å². The maximum absolute atomic E-state index is 12.5. The number of non-ortho nitro benzene ring substituents is 1. The summed E-state index contributed by atoms with van der Waals surface area (Å²) >= 11 is 6.97. The van der Waals surface area contributed by atoms with Gasteiger partial charge >= 0.3 is 5.97 Å². The van der Waals surface area contributed by atoms with Gasteiger partial charge < -0.3 is 10.1 Å². The highest BCUT2D eigenvalue weighted by Gasteiger charge is 2.52. The van der Waals surface area contributed by atoms with Gasteiger partial charge in [-0.2, -0.15) is 0 Å². The van der Waals surface area contributed by atoms with Crippen LogP contribution in [-0.4, -0.2) is 56.3 Å². The zero-order valence-corrected chi connectivity index (χ0v) is 18.6. The van der Waals surface area contributed by atoms with Gasteiger partial charge in [-0.15, -0.1) is 0 Å². The summed E-state index contributed by atoms with van der Waals surface area (Å²) in [5, 5.41) is 13.1. The summed E-state index contributed by atoms with van der Waals surface area (Å²) in [6.45, 7) is -1.22. The van der Waals surface area contributed by atoms with E-state index in [9.17, 15) is 29.3 Å². The highest BCUT2D eigenvalue weighted by molar-refractivity contribution is 9.12. The Labute approximate surface area is 187 Å². The molecule has 160 valence electrons. The zero-order chi connectivity index (χ0) is 22.0. The smallest absolute Gasteiger partial charge is 0.326 e. The van der Waals surface area contributed by atoms with E-state index in [0.717, 1.165) is 11.0 Å². The number of alkyl halides is 2. The number of fused-ring (bicyclic) bond motifs is 1. The maximum Gasteiger partial charge on any atom is 0.326 e. The van der Waals surface area contributed by atoms with Crippen LogP contribution in [0.4, 0.5) is 11.4 Å². The van der Waals surface area contributed by atoms with Crippen molar-refractivity contribution in [1.82, 2.24) is 4.90 Å². The van der Waals surface area contributed by atoms with Crippen molar-refractivity contribution >= 4 is 66.9 Å². The van der Waals surface area contributed by atoms with E-state index in [0.29, 0.717) is 12.8 Å². The second-order valence-electron chi connectivity index (χ2n) is 7.00. The molecule has 3 rings (SSSR count). The molecule has 1 aliphatic carbocycles. The number of carbonyl (C=O) groups is 4. The van der Waals surface area contributed by atoms with Gasteiger partial charge in [0.2, 0.25) is 11.8 Å². The lowest BCUT2D eigenvalue weighted by Gasteiger charge is -2.29. The number of imide groups is 1. The first-order valence-electron chi connectivity index (χ1n) is 9.00. The van der Waals surface area contributed by atoms with E-state index >= 15 is 0 Å². The fraction of sp³-hybridized carbons (Fsp3) is 0.444. The van der Waals surface area contributed by atoms with Gasteiger partial charge in [-0.1, -0.05) is 37.9 Å². The lowest BCUT2D eigenvalue weighted by molar-refractivity contribution is -0.384. The van der Waals surface area contributed by atoms with Gasteiger partial charge in [-0.3, -0.25) is 34.2 Å². The highest BCUT2D eigenvalue weighted by atomic mass is 79.9. The first-order valence-corrected chi connectivity index (χ1v) is 10.8. The van der Waals surface area contributed by atoms with Crippen LogP contribution in [0.15, 0.2) is 24.3 Å². The summed E-state index contributed by atoms with van der Waals surface area (Å²) in [6.07, 6.45) is 0.977. The van der Waals surface area contributed by atoms with Gasteiger partial charge in [-0.05, 0) is 18.9 Å². The first kappa shape index (κ1) is 22.3. The Bertz CT molecular complexity index is 882. The number of ether oxygens (including phenoxy) is 1. The van der Waals surface area contributed by atoms with Gasteiger partial charge in [0.15, 0.2) is 6.61 Å². The number of likely N-dealkylation sites (tertiary alicyclic amines) is 1. The molecule has 0 bridgehead atoms. The summed E-state index contributed by atoms with van der Waals surface area (Å²) in [5.74, 6) is -3.36. The molecule has 1 saturated heterocycles. The Morgan fingerprint density at radius 2 is 1.77 bits per heavy atom. The van der Waals surface area contributed by atoms with Crippen LogP contribution in [0.2, 0.25) is 0 Å². The predicted molar refractivity (Wildman–Crippen MR) is 111 cm³/mol. The summed E-state index contributed by atoms with van der Waals surface area (Å²) in [6, 6.07) is 5.29. The molecule has 1 aromatic carbocycles. The van der Waals surface area contributed by atoms with Crippen molar-refractivity contribution in [3.63, 3.8) is 0 Å². The number of rotatable bonds is 6. The number of benzene rings is 1. The second kappa shape index (κ2) is 9.21. The van der Waals surface area contributed by atoms with Crippen molar-refractivity contribution in [2.45, 2.75) is 22.5 Å². The number of nitro benzene ring substituents is 1. The minimum Gasteiger partial charge on any atom is -0.454 e. The molecule has 1 aromatic rings. The molecule has 1 heterocycles. The number of nitrogens with zero attached hydrogens (tertiary/aromatic N) is 2. The third-order valence-electron chi connectivity index (χ3n) is 5.00. The van der Waals surface area contributed by atoms with Crippen molar-refractivity contribution < 1.29 is 28.8 Å². The Hall–Kier alpha value is -2.34. The molecule has 0 radical (unpaired) electrons. The minimum absolute atomic E-state index is 0.0555. The van der Waals surface area contributed by atoms with Crippen LogP contribution < -0.4 is 5.32 Å². The highest BCUT2D eigenvalue weighted by Crippen LogP contribution is 2.43. The number of anilines is 1. The van der Waals surface area contributed by atoms with Crippen LogP contribution >= 0.6 is 31.9 Å². The van der Waals surface area contributed by atoms with E-state index in [1.807, 2.05) is 0 Å². The number of amides is 3. The molecule has 30 heavy (non-hydrogen) atoms. The lowest BCUT2D eigenvalue weighted by Crippen LogP contribution is -2.37. The van der Waals surface area contributed by atoms with E-state index in [1.54, 1.807) is 0 Å². The molecular weight excluding hydrogens is 530 g/mol. The molecule has 12 heteroatoms. The molecule has 0 spiro atoms. The number of nitro groups is 1. The van der Waals surface area contributed by atoms with E-state index in [4.69, 9.17) is 4.74 Å². The van der Waals surface area contributed by atoms with Gasteiger partial charge in [0.25, 0.3) is 11.6 Å². The van der Waals surface area contributed by atoms with Crippen molar-refractivity contribution in [2.75, 3.05) is 18.5 Å². The van der Waals surface area contributed by atoms with Crippen LogP contribution in [0.25, 0.3) is 0 Å². The number of carbonyl (C=O) groups excluding carboxylic acids is 4. The Balaban J connectivity index is 1.51. The van der Waals surface area contributed by atoms with Crippen LogP contribution in [-0.2, 0) is 23.9 Å². The van der Waals surface area contributed by atoms with Crippen molar-refractivity contribution in [3.05, 3.63) is 34.4 Å². The number of esters is 1. The quantitative estimate of drug-likeness (QED) is 0.189. The van der Waals surface area contributed by atoms with Crippen LogP contribution in [0.3, 0.4) is 0 Å². The maximum atomic E-state index is 12.5. The van der Waals surface area contributed by atoms with E-state index < -0.39 is 53.6 Å². The lowest BCUT2D eigenvalue weighted by atomic mass is 9.81. The van der Waals surface area contributed by atoms with Crippen molar-refractivity contribution in [3.8, 4) is 0 Å². The van der Waals surface area contributed by atoms with Crippen LogP contribution in [0.1, 0.15) is 12.8 Å². The summed E-state index contributed by atoms with van der Waals surface area (Å²) in [4.78, 5) is 60.2. The fourth-order valence-electron chi connectivity index (χ4n) is 3.53. The van der Waals surface area contributed by atoms with Gasteiger partial charge in [-0.25, -0.2) is 0 Å². The Kier molecular flexibility index (Phi) is 6.86. The standard InChI is InChI=1S/C18H17Br2N3O7/c19-13-5-11-12(6-14(13)20)18(27)22(17(11)26)7-16(25)30-8-15(24)21-9-2-1-3-10(4-9)23(28)29/h1-4,11-14H,5-8H2,(H,21,24)/t11-,12-,13-,14+/m1/s1. The monoisotopic (exact) mass is 545 g/mol. The summed E-state index contributed by atoms with van der Waals surface area (Å²) in [7, 11) is 0. The average Bonchev–Trinajstić information content (AvgIpc) is 2.91. The molecule has 10 nitrogen and oxygen atoms in total. The molecule has 0 unspecified atom stereocenters. The zero-order valence-electron chi connectivity index (χ0n) is 15.5. The third-order valence-corrected chi connectivity index (χ3v) is 7.73. The first-order chi connectivity index (χ1) is 14.2. The van der Waals surface area contributed by atoms with Gasteiger partial charge in [0.05, 0.1) is 16.8 Å². The summed E-state index contributed by atoms with van der Waals surface area (Å²) < 4.78 is 4.86. The topological polar surface area (TPSA) is 136 Å². The van der Waals surface area contributed by atoms with E-state index in [2.05, 4.69) is 37.2 Å². The normalized spacial score (nSPS) is 25.6. The molecule has 1 saturated carbocycles. The van der Waals surface area contributed by atoms with E-state index in [-0.39, 0.29) is 21.0 Å². The molecular formula is C18H17Br2N3O7. The molecule has 0 aromatic heterocycles.